The molecule has 0 unspecified atom stereocenters. The Morgan fingerprint density at radius 2 is 2.08 bits per heavy atom. The first-order chi connectivity index (χ1) is 11.4. The van der Waals surface area contributed by atoms with E-state index in [-0.39, 0.29) is 10.5 Å². The van der Waals surface area contributed by atoms with Crippen molar-refractivity contribution in [2.75, 3.05) is 18.4 Å². The van der Waals surface area contributed by atoms with Gasteiger partial charge in [0.15, 0.2) is 0 Å². The summed E-state index contributed by atoms with van der Waals surface area (Å²) in [7, 11) is -3.72. The van der Waals surface area contributed by atoms with Crippen molar-refractivity contribution in [3.05, 3.63) is 35.4 Å². The minimum Gasteiger partial charge on any atom is -0.478 e. The fourth-order valence-electron chi connectivity index (χ4n) is 2.77. The molecule has 0 saturated heterocycles. The lowest BCUT2D eigenvalue weighted by Gasteiger charge is -2.14. The van der Waals surface area contributed by atoms with E-state index in [0.29, 0.717) is 25.2 Å². The summed E-state index contributed by atoms with van der Waals surface area (Å²) in [6.45, 7) is 2.73. The van der Waals surface area contributed by atoms with Crippen LogP contribution in [0.25, 0.3) is 0 Å². The summed E-state index contributed by atoms with van der Waals surface area (Å²) in [6.07, 6.45) is 7.34. The third kappa shape index (κ3) is 4.82. The second-order valence-corrected chi connectivity index (χ2v) is 7.57. The summed E-state index contributed by atoms with van der Waals surface area (Å²) in [4.78, 5) is 11.3. The minimum absolute atomic E-state index is 0.0285. The molecule has 0 atom stereocenters. The molecule has 0 bridgehead atoms. The first kappa shape index (κ1) is 18.5. The molecule has 0 aromatic heterocycles. The summed E-state index contributed by atoms with van der Waals surface area (Å²) in [5.74, 6) is -1.16. The molecule has 1 aromatic carbocycles. The van der Waals surface area contributed by atoms with Gasteiger partial charge in [-0.05, 0) is 57.2 Å². The first-order valence-corrected chi connectivity index (χ1v) is 9.71. The fourth-order valence-corrected chi connectivity index (χ4v) is 3.83. The third-order valence-corrected chi connectivity index (χ3v) is 5.48. The summed E-state index contributed by atoms with van der Waals surface area (Å²) in [5, 5.41) is 12.2. The Balaban J connectivity index is 2.09. The molecule has 0 heterocycles. The summed E-state index contributed by atoms with van der Waals surface area (Å²) >= 11 is 0. The average Bonchev–Trinajstić information content (AvgIpc) is 2.56. The van der Waals surface area contributed by atoms with Gasteiger partial charge in [-0.3, -0.25) is 0 Å². The SMILES string of the molecule is CCNc1ccc(S(=O)(=O)NCCC2=CCCCC2)cc1C(=O)O. The van der Waals surface area contributed by atoms with Crippen LogP contribution in [0.4, 0.5) is 5.69 Å². The lowest BCUT2D eigenvalue weighted by Crippen LogP contribution is -2.25. The molecule has 1 aliphatic rings. The Morgan fingerprint density at radius 3 is 2.71 bits per heavy atom. The van der Waals surface area contributed by atoms with Gasteiger partial charge in [0.25, 0.3) is 0 Å². The summed E-state index contributed by atoms with van der Waals surface area (Å²) in [5.41, 5.74) is 1.66. The van der Waals surface area contributed by atoms with Crippen LogP contribution >= 0.6 is 0 Å². The Kier molecular flexibility index (Phi) is 6.39. The highest BCUT2D eigenvalue weighted by Crippen LogP contribution is 2.22. The van der Waals surface area contributed by atoms with E-state index >= 15 is 0 Å². The number of anilines is 1. The third-order valence-electron chi connectivity index (χ3n) is 4.02. The van der Waals surface area contributed by atoms with Gasteiger partial charge in [0.1, 0.15) is 0 Å². The normalized spacial score (nSPS) is 15.0. The molecular formula is C17H24N2O4S. The van der Waals surface area contributed by atoms with E-state index in [4.69, 9.17) is 0 Å². The second-order valence-electron chi connectivity index (χ2n) is 5.80. The molecule has 6 nitrogen and oxygen atoms in total. The van der Waals surface area contributed by atoms with Crippen molar-refractivity contribution in [3.8, 4) is 0 Å². The second kappa shape index (κ2) is 8.30. The molecule has 0 radical (unpaired) electrons. The molecule has 2 rings (SSSR count). The molecule has 1 aliphatic carbocycles. The number of hydrogen-bond donors (Lipinski definition) is 3. The smallest absolute Gasteiger partial charge is 0.337 e. The maximum atomic E-state index is 12.4. The van der Waals surface area contributed by atoms with Crippen LogP contribution in [0.5, 0.6) is 0 Å². The largest absolute Gasteiger partial charge is 0.478 e. The van der Waals surface area contributed by atoms with E-state index in [0.717, 1.165) is 19.3 Å². The van der Waals surface area contributed by atoms with E-state index in [9.17, 15) is 18.3 Å². The number of aromatic carboxylic acids is 1. The van der Waals surface area contributed by atoms with Gasteiger partial charge < -0.3 is 10.4 Å². The minimum atomic E-state index is -3.72. The van der Waals surface area contributed by atoms with Gasteiger partial charge in [-0.2, -0.15) is 0 Å². The fraction of sp³-hybridized carbons (Fsp3) is 0.471. The molecule has 0 aliphatic heterocycles. The highest BCUT2D eigenvalue weighted by atomic mass is 32.2. The quantitative estimate of drug-likeness (QED) is 0.625. The zero-order chi connectivity index (χ0) is 17.6. The first-order valence-electron chi connectivity index (χ1n) is 8.23. The van der Waals surface area contributed by atoms with Crippen LogP contribution in [0.2, 0.25) is 0 Å². The van der Waals surface area contributed by atoms with Crippen LogP contribution in [-0.4, -0.2) is 32.6 Å². The van der Waals surface area contributed by atoms with Gasteiger partial charge in [0.2, 0.25) is 10.0 Å². The van der Waals surface area contributed by atoms with Crippen molar-refractivity contribution in [2.45, 2.75) is 43.9 Å². The Labute approximate surface area is 143 Å². The van der Waals surface area contributed by atoms with Gasteiger partial charge in [0.05, 0.1) is 10.5 Å². The number of carboxylic acid groups (broad SMARTS) is 1. The number of benzene rings is 1. The number of carbonyl (C=O) groups is 1. The zero-order valence-corrected chi connectivity index (χ0v) is 14.7. The van der Waals surface area contributed by atoms with Gasteiger partial charge >= 0.3 is 5.97 Å². The Bertz CT molecular complexity index is 726. The topological polar surface area (TPSA) is 95.5 Å². The molecule has 0 amide bonds. The standard InChI is InChI=1S/C17H24N2O4S/c1-2-18-16-9-8-14(12-15(16)17(20)21)24(22,23)19-11-10-13-6-4-3-5-7-13/h6,8-9,12,18-19H,2-5,7,10-11H2,1H3,(H,20,21). The van der Waals surface area contributed by atoms with Crippen LogP contribution in [0.1, 0.15) is 49.4 Å². The van der Waals surface area contributed by atoms with Crippen LogP contribution in [0, 0.1) is 0 Å². The molecular weight excluding hydrogens is 328 g/mol. The van der Waals surface area contributed by atoms with Gasteiger partial charge in [-0.25, -0.2) is 17.9 Å². The van der Waals surface area contributed by atoms with Crippen molar-refractivity contribution in [1.29, 1.82) is 0 Å². The van der Waals surface area contributed by atoms with Crippen LogP contribution in [0.15, 0.2) is 34.7 Å². The van der Waals surface area contributed by atoms with E-state index in [1.807, 2.05) is 6.92 Å². The Hall–Kier alpha value is -1.86. The van der Waals surface area contributed by atoms with Crippen molar-refractivity contribution in [3.63, 3.8) is 0 Å². The van der Waals surface area contributed by atoms with Crippen LogP contribution < -0.4 is 10.0 Å². The van der Waals surface area contributed by atoms with E-state index in [1.54, 1.807) is 0 Å². The predicted molar refractivity (Wildman–Crippen MR) is 93.9 cm³/mol. The number of hydrogen-bond acceptors (Lipinski definition) is 4. The molecule has 0 spiro atoms. The van der Waals surface area contributed by atoms with E-state index < -0.39 is 16.0 Å². The molecule has 24 heavy (non-hydrogen) atoms. The van der Waals surface area contributed by atoms with Crippen LogP contribution in [-0.2, 0) is 10.0 Å². The van der Waals surface area contributed by atoms with Gasteiger partial charge in [-0.1, -0.05) is 11.6 Å². The lowest BCUT2D eigenvalue weighted by molar-refractivity contribution is 0.0697. The highest BCUT2D eigenvalue weighted by molar-refractivity contribution is 7.89. The number of sulfonamides is 1. The van der Waals surface area contributed by atoms with Crippen molar-refractivity contribution < 1.29 is 18.3 Å². The van der Waals surface area contributed by atoms with Crippen molar-refractivity contribution in [2.24, 2.45) is 0 Å². The average molecular weight is 352 g/mol. The summed E-state index contributed by atoms with van der Waals surface area (Å²) in [6, 6.07) is 4.11. The van der Waals surface area contributed by atoms with E-state index in [1.165, 1.54) is 30.2 Å². The number of rotatable bonds is 8. The maximum absolute atomic E-state index is 12.4. The van der Waals surface area contributed by atoms with E-state index in [2.05, 4.69) is 16.1 Å². The molecule has 1 aromatic rings. The molecule has 7 heteroatoms. The van der Waals surface area contributed by atoms with Gasteiger partial charge in [0, 0.05) is 18.8 Å². The van der Waals surface area contributed by atoms with Crippen LogP contribution in [0.3, 0.4) is 0 Å². The number of nitrogens with one attached hydrogen (secondary N) is 2. The lowest BCUT2D eigenvalue weighted by atomic mass is 9.97. The molecule has 0 fully saturated rings. The summed E-state index contributed by atoms with van der Waals surface area (Å²) < 4.78 is 27.3. The predicted octanol–water partition coefficient (Wildman–Crippen LogP) is 2.99. The zero-order valence-electron chi connectivity index (χ0n) is 13.8. The highest BCUT2D eigenvalue weighted by Gasteiger charge is 2.18. The van der Waals surface area contributed by atoms with Gasteiger partial charge in [-0.15, -0.1) is 0 Å². The van der Waals surface area contributed by atoms with Crippen molar-refractivity contribution >= 4 is 21.7 Å². The van der Waals surface area contributed by atoms with Crippen molar-refractivity contribution in [1.82, 2.24) is 4.72 Å². The Morgan fingerprint density at radius 1 is 1.29 bits per heavy atom. The molecule has 3 N–H and O–H groups in total. The monoisotopic (exact) mass is 352 g/mol. The maximum Gasteiger partial charge on any atom is 0.337 e. The molecule has 0 saturated carbocycles. The number of carboxylic acids is 1. The number of allylic oxidation sites excluding steroid dienone is 1. The molecule has 132 valence electrons.